The van der Waals surface area contributed by atoms with E-state index in [4.69, 9.17) is 68.4 Å². The van der Waals surface area contributed by atoms with E-state index in [2.05, 4.69) is 109 Å². The van der Waals surface area contributed by atoms with Gasteiger partial charge in [-0.2, -0.15) is 0 Å². The molecule has 0 aromatic rings. The molecule has 7 fully saturated rings. The van der Waals surface area contributed by atoms with Crippen molar-refractivity contribution in [3.63, 3.8) is 0 Å². The number of rotatable bonds is 31. The van der Waals surface area contributed by atoms with Gasteiger partial charge in [0.25, 0.3) is 0 Å². The lowest BCUT2D eigenvalue weighted by atomic mass is 9.79. The number of aliphatic hydroxyl groups excluding tert-OH is 5. The van der Waals surface area contributed by atoms with Gasteiger partial charge in [-0.3, -0.25) is 57.5 Å². The monoisotopic (exact) mass is 2060 g/mol. The average Bonchev–Trinajstić information content (AvgIpc) is 1.67. The van der Waals surface area contributed by atoms with Crippen LogP contribution in [0.3, 0.4) is 0 Å². The van der Waals surface area contributed by atoms with Gasteiger partial charge in [0.1, 0.15) is 6.10 Å². The van der Waals surface area contributed by atoms with E-state index in [-0.39, 0.29) is 210 Å². The van der Waals surface area contributed by atoms with Gasteiger partial charge in [0.05, 0.1) is 132 Å². The van der Waals surface area contributed by atoms with Crippen molar-refractivity contribution in [2.24, 2.45) is 181 Å². The Morgan fingerprint density at radius 2 is 0.838 bits per heavy atom. The second-order valence-corrected chi connectivity index (χ2v) is 39.4. The number of carbonyl (C=O) groups excluding carboxylic acids is 10. The SMILES string of the molecule is CCC(CC)C(NC(C)=O)[C@@H]1[C@H](O)[C@@H](C(=O)O)C[C@H]1N=C(N)N.CCC(CC)C1=NO[C@H]2[C@@H]1[C@H](C)C[C@@H]2C(=O)OC.CCC(CC)[C@H](N)[C@@H]1[C@H](O)[C@@H](C(=O)OC)C[C@H]1C.CCC(CC)[C@H](NC(C)=O)[C@@H]1[C@H](O)[C@@H](C(=O)OC)C[C@H]1C.CCC(CC)[C@H](NC(C)=O)[C@@H]1[C@H](O)[C@@H](C(=O)OC)C[C@H]1N.CO.COC(=O)[C@@H]1C=C[C@H](N)C1.COC(=O)[C@@H]1CC[C@H](C)C1.Cl.Cl.N[C@H]1C=C[C@@H](C(=O)O)C1.O=C1N[C@H]2C=C[C@@H]1C2. The average molecular weight is 2060 g/mol. The summed E-state index contributed by atoms with van der Waals surface area (Å²) in [5.74, 6) is -3.97. The van der Waals surface area contributed by atoms with Crippen LogP contribution in [-0.4, -0.2) is 253 Å². The molecule has 0 aromatic heterocycles. The normalized spacial score (nSPS) is 31.0. The van der Waals surface area contributed by atoms with Crippen molar-refractivity contribution in [3.8, 4) is 0 Å². The van der Waals surface area contributed by atoms with E-state index in [1.54, 1.807) is 18.2 Å². The number of guanidine groups is 1. The number of oxime groups is 1. The number of amides is 4. The maximum Gasteiger partial charge on any atom is 0.312 e. The summed E-state index contributed by atoms with van der Waals surface area (Å²) >= 11 is 0. The molecule has 38 nitrogen and oxygen atoms in total. The lowest BCUT2D eigenvalue weighted by Gasteiger charge is -2.35. The maximum atomic E-state index is 11.8. The summed E-state index contributed by atoms with van der Waals surface area (Å²) in [4.78, 5) is 145. The van der Waals surface area contributed by atoms with Gasteiger partial charge in [-0.25, -0.2) is 4.99 Å². The first kappa shape index (κ1) is 134. The van der Waals surface area contributed by atoms with Crippen molar-refractivity contribution in [2.45, 2.75) is 337 Å². The number of nitrogens with zero attached hydrogens (tertiary/aromatic N) is 2. The Morgan fingerprint density at radius 3 is 1.18 bits per heavy atom. The third-order valence-electron chi connectivity index (χ3n) is 30.5. The predicted molar refractivity (Wildman–Crippen MR) is 547 cm³/mol. The summed E-state index contributed by atoms with van der Waals surface area (Å²) in [6.45, 7) is 33.7. The van der Waals surface area contributed by atoms with E-state index < -0.39 is 78.0 Å². The molecule has 4 amide bonds. The molecule has 11 aliphatic rings. The summed E-state index contributed by atoms with van der Waals surface area (Å²) in [6.07, 6.45) is 25.0. The van der Waals surface area contributed by atoms with Crippen molar-refractivity contribution >= 4 is 108 Å². The summed E-state index contributed by atoms with van der Waals surface area (Å²) in [6, 6.07) is -1.26. The van der Waals surface area contributed by atoms with Crippen LogP contribution in [0.15, 0.2) is 46.6 Å². The quantitative estimate of drug-likeness (QED) is 0.0102. The largest absolute Gasteiger partial charge is 0.481 e. The minimum atomic E-state index is -1.11. The van der Waals surface area contributed by atoms with Crippen LogP contribution >= 0.6 is 24.8 Å². The number of aliphatic imine (C=N–C) groups is 1. The number of halogens is 2. The Morgan fingerprint density at radius 1 is 0.451 bits per heavy atom. The number of nitrogens with two attached hydrogens (primary N) is 6. The molecule has 9 aliphatic carbocycles. The number of aliphatic hydroxyl groups is 5. The number of fused-ring (bicyclic) bond motifs is 3. The van der Waals surface area contributed by atoms with Gasteiger partial charge in [-0.05, 0) is 131 Å². The molecule has 2 heterocycles. The Labute approximate surface area is 855 Å². The van der Waals surface area contributed by atoms with Crippen LogP contribution in [-0.2, 0) is 90.8 Å². The number of ether oxygens (including phenoxy) is 6. The third-order valence-corrected chi connectivity index (χ3v) is 30.5. The Bertz CT molecular complexity index is 3910. The molecule has 820 valence electrons. The lowest BCUT2D eigenvalue weighted by Crippen LogP contribution is -2.52. The van der Waals surface area contributed by atoms with E-state index in [1.165, 1.54) is 75.6 Å². The number of esters is 6. The Kier molecular flexibility index (Phi) is 63.7. The van der Waals surface area contributed by atoms with Crippen molar-refractivity contribution in [1.29, 1.82) is 0 Å². The molecule has 40 heteroatoms. The van der Waals surface area contributed by atoms with E-state index >= 15 is 0 Å². The zero-order valence-electron chi connectivity index (χ0n) is 88.7. The molecular formula is C102H182Cl2N12O26. The minimum absolute atomic E-state index is 0. The molecular weight excluding hydrogens is 1880 g/mol. The molecule has 0 radical (unpaired) electrons. The summed E-state index contributed by atoms with van der Waals surface area (Å²) in [5, 5.41) is 82.7. The topological polar surface area (TPSA) is 640 Å². The Balaban J connectivity index is 0.00000160. The fourth-order valence-electron chi connectivity index (χ4n) is 22.7. The predicted octanol–water partition coefficient (Wildman–Crippen LogP) is 8.13. The number of carboxylic acids is 2. The van der Waals surface area contributed by atoms with Gasteiger partial charge in [0.2, 0.25) is 23.6 Å². The highest BCUT2D eigenvalue weighted by molar-refractivity contribution is 5.92. The molecule has 2 bridgehead atoms. The van der Waals surface area contributed by atoms with Crippen LogP contribution < -0.4 is 55.7 Å². The summed E-state index contributed by atoms with van der Waals surface area (Å²) < 4.78 is 28.3. The first-order valence-electron chi connectivity index (χ1n) is 50.7. The number of nitrogens with one attached hydrogen (secondary N) is 4. The molecule has 11 rings (SSSR count). The van der Waals surface area contributed by atoms with Gasteiger partial charge in [0, 0.05) is 112 Å². The second kappa shape index (κ2) is 67.6. The molecule has 6 saturated carbocycles. The van der Waals surface area contributed by atoms with Gasteiger partial charge in [-0.1, -0.05) is 190 Å². The first-order chi connectivity index (χ1) is 66.1. The molecule has 0 spiro atoms. The number of methoxy groups -OCH3 is 6. The highest BCUT2D eigenvalue weighted by Gasteiger charge is 2.56. The van der Waals surface area contributed by atoms with Gasteiger partial charge >= 0.3 is 47.8 Å². The van der Waals surface area contributed by atoms with E-state index in [9.17, 15) is 83.1 Å². The molecule has 2 aliphatic heterocycles. The molecule has 142 heavy (non-hydrogen) atoms. The lowest BCUT2D eigenvalue weighted by molar-refractivity contribution is -0.150. The van der Waals surface area contributed by atoms with Gasteiger partial charge < -0.3 is 125 Å². The van der Waals surface area contributed by atoms with Crippen LogP contribution in [0.2, 0.25) is 0 Å². The van der Waals surface area contributed by atoms with Crippen LogP contribution in [0, 0.1) is 136 Å². The molecule has 0 aromatic carbocycles. The molecule has 32 atom stereocenters. The first-order valence-corrected chi connectivity index (χ1v) is 50.7. The maximum absolute atomic E-state index is 11.8. The second-order valence-electron chi connectivity index (χ2n) is 39.4. The van der Waals surface area contributed by atoms with E-state index in [0.29, 0.717) is 73.7 Å². The smallest absolute Gasteiger partial charge is 0.312 e. The van der Waals surface area contributed by atoms with E-state index in [0.717, 1.165) is 97.0 Å². The van der Waals surface area contributed by atoms with Gasteiger partial charge in [0.15, 0.2) is 5.96 Å². The van der Waals surface area contributed by atoms with Crippen molar-refractivity contribution in [2.75, 3.05) is 49.8 Å². The van der Waals surface area contributed by atoms with Crippen LogP contribution in [0.4, 0.5) is 0 Å². The van der Waals surface area contributed by atoms with Crippen molar-refractivity contribution in [3.05, 3.63) is 36.5 Å². The number of carboxylic acid groups (broad SMARTS) is 2. The number of carbonyl (C=O) groups is 12. The summed E-state index contributed by atoms with van der Waals surface area (Å²) in [7, 11) is 9.32. The van der Waals surface area contributed by atoms with Gasteiger partial charge in [-0.15, -0.1) is 24.8 Å². The van der Waals surface area contributed by atoms with Crippen molar-refractivity contribution in [1.82, 2.24) is 21.3 Å². The van der Waals surface area contributed by atoms with Crippen LogP contribution in [0.25, 0.3) is 0 Å². The number of aliphatic carboxylic acids is 2. The van der Waals surface area contributed by atoms with Crippen LogP contribution in [0.1, 0.15) is 253 Å². The highest BCUT2D eigenvalue weighted by atomic mass is 35.5. The Hall–Kier alpha value is -8.18. The fourth-order valence-corrected chi connectivity index (χ4v) is 22.7. The standard InChI is InChI=1S/C16H29NO4.C15H28N4O4.C15H28N2O4.C14H23NO3.C14H27NO3.C8H14O2.C7H11NO2.C6H9NO2.C6H7NO.CH4O.2ClH/c1-6-11(7-2)14(17-10(4)18)13-9(3)8-12(15(13)19)16(20)21-5;1-4-8(5-2)12(18-7(3)20)11-10(19-15(16)17)6-9(13(11)21)14(22)23;1-5-9(6-2)13(17-8(3)18)12-11(16)7-10(14(12)19)15(20)21-4;1-5-9(6-2)12-11-8(3)7-10(14(16)17-4)13(11)18-15-12;1-5-9(6-2)12(15)11-8(3)7-10(13(11)16)14(17)18-4;1-6-3-4-7(5-6)8(9)10-2;1-10-7(9)5-2-3-6(8)4-5;7-5-2-1-4(3-5)6(8)9;8-6-4-1-2-5(3-4)7-6;1-2;;/h9,11-15,19H,6-8H2,1-5H3,(H,17,18);8-13,21H,4-6H2,1-3H3,(H,18,20)(H,22,23)(H4,16,17,19);9-14,19H,5-7,16H2,1-4H3,(H,17,18);8-11,13H,5-7H2,1-4H3;8-13,16H,5-7,15H2,1-4H3;6-7H,3-5H2,1-2H3;2-3,5-6H,4,8H2,1H3;1-2,4-5H,3,7H2,(H,8,9);1-2,4-5H,3H2,(H,7,8);2H,1H3;2*1H/t9-,12+,13-,14+,15-;9-,10+,11+,12?,13+;10-,11+,12+,13-,14+;8-,10+,11-,13-;8-,10+,11-,12+,13-;6-,7+;5-,6+;2*4-,5+;;;/m100110111.../s1. The summed E-state index contributed by atoms with van der Waals surface area (Å²) in [5.41, 5.74) is 35.5. The molecule has 1 saturated heterocycles. The number of hydrogen-bond donors (Lipinski definition) is 17. The highest BCUT2D eigenvalue weighted by Crippen LogP contribution is 2.48. The van der Waals surface area contributed by atoms with Crippen molar-refractivity contribution < 1.29 is 127 Å². The zero-order valence-corrected chi connectivity index (χ0v) is 90.4. The van der Waals surface area contributed by atoms with Crippen LogP contribution in [0.5, 0.6) is 0 Å². The minimum Gasteiger partial charge on any atom is -0.481 e. The zero-order chi connectivity index (χ0) is 107. The fraction of sp³-hybridized carbons (Fsp3) is 0.804. The third kappa shape index (κ3) is 38.9. The van der Waals surface area contributed by atoms with E-state index in [1.807, 2.05) is 46.8 Å². The molecule has 1 unspecified atom stereocenters. The molecule has 23 N–H and O–H groups in total. The number of hydrogen-bond acceptors (Lipinski definition) is 30.